The molecule has 1 heterocycles. The summed E-state index contributed by atoms with van der Waals surface area (Å²) in [7, 11) is 0. The second-order valence-electron chi connectivity index (χ2n) is 5.40. The molecular weight excluding hydrogens is 336 g/mol. The van der Waals surface area contributed by atoms with Crippen LogP contribution >= 0.6 is 12.4 Å². The Morgan fingerprint density at radius 1 is 1.22 bits per heavy atom. The average Bonchev–Trinajstić information content (AvgIpc) is 2.49. The van der Waals surface area contributed by atoms with Crippen LogP contribution in [0.4, 0.5) is 17.6 Å². The third kappa shape index (κ3) is 5.31. The molecule has 1 aromatic rings. The normalized spacial score (nSPS) is 17.6. The van der Waals surface area contributed by atoms with Gasteiger partial charge in [-0.3, -0.25) is 4.90 Å². The van der Waals surface area contributed by atoms with Gasteiger partial charge in [-0.05, 0) is 30.5 Å². The fourth-order valence-corrected chi connectivity index (χ4v) is 2.81. The standard InChI is InChI=1S/C15H20F4N2O.ClH/c16-13-4-3-11(10-12(13)15(17,18)19)14(2-1-9-22)21-7-5-20-6-8-21;/h3-4,10,14,20,22H,1-2,5-9H2;1H/t14-;/m1./s1. The molecule has 0 amide bonds. The molecule has 0 saturated carbocycles. The summed E-state index contributed by atoms with van der Waals surface area (Å²) in [6.07, 6.45) is -3.67. The molecular formula is C15H21ClF4N2O. The average molecular weight is 357 g/mol. The number of halogens is 5. The van der Waals surface area contributed by atoms with E-state index < -0.39 is 17.6 Å². The summed E-state index contributed by atoms with van der Waals surface area (Å²) in [6.45, 7) is 2.95. The zero-order valence-electron chi connectivity index (χ0n) is 12.6. The van der Waals surface area contributed by atoms with Crippen molar-refractivity contribution in [3.8, 4) is 0 Å². The molecule has 2 N–H and O–H groups in total. The number of hydrogen-bond donors (Lipinski definition) is 2. The van der Waals surface area contributed by atoms with Gasteiger partial charge in [-0.15, -0.1) is 12.4 Å². The van der Waals surface area contributed by atoms with Gasteiger partial charge in [0.1, 0.15) is 5.82 Å². The van der Waals surface area contributed by atoms with Crippen LogP contribution in [0, 0.1) is 5.82 Å². The van der Waals surface area contributed by atoms with E-state index in [1.807, 2.05) is 0 Å². The Balaban J connectivity index is 0.00000264. The van der Waals surface area contributed by atoms with Gasteiger partial charge in [0.15, 0.2) is 0 Å². The largest absolute Gasteiger partial charge is 0.419 e. The monoisotopic (exact) mass is 356 g/mol. The van der Waals surface area contributed by atoms with E-state index in [1.165, 1.54) is 6.07 Å². The Hall–Kier alpha value is -0.890. The van der Waals surface area contributed by atoms with Gasteiger partial charge in [0.05, 0.1) is 5.56 Å². The number of alkyl halides is 3. The Bertz CT molecular complexity index is 493. The number of rotatable bonds is 5. The molecule has 0 aliphatic carbocycles. The molecule has 1 atom stereocenters. The van der Waals surface area contributed by atoms with Crippen LogP contribution in [-0.4, -0.2) is 42.8 Å². The fourth-order valence-electron chi connectivity index (χ4n) is 2.81. The molecule has 3 nitrogen and oxygen atoms in total. The smallest absolute Gasteiger partial charge is 0.396 e. The highest BCUT2D eigenvalue weighted by atomic mass is 35.5. The molecule has 1 aliphatic rings. The summed E-state index contributed by atoms with van der Waals surface area (Å²) < 4.78 is 52.1. The van der Waals surface area contributed by atoms with E-state index in [4.69, 9.17) is 5.11 Å². The Labute approximate surface area is 139 Å². The van der Waals surface area contributed by atoms with E-state index in [2.05, 4.69) is 10.2 Å². The highest BCUT2D eigenvalue weighted by Crippen LogP contribution is 2.35. The predicted molar refractivity (Wildman–Crippen MR) is 82.2 cm³/mol. The number of aliphatic hydroxyl groups is 1. The summed E-state index contributed by atoms with van der Waals surface area (Å²) >= 11 is 0. The van der Waals surface area contributed by atoms with Crippen molar-refractivity contribution in [1.29, 1.82) is 0 Å². The molecule has 0 radical (unpaired) electrons. The molecule has 1 fully saturated rings. The molecule has 0 bridgehead atoms. The van der Waals surface area contributed by atoms with E-state index in [9.17, 15) is 17.6 Å². The van der Waals surface area contributed by atoms with E-state index in [1.54, 1.807) is 0 Å². The lowest BCUT2D eigenvalue weighted by Gasteiger charge is -2.35. The topological polar surface area (TPSA) is 35.5 Å². The van der Waals surface area contributed by atoms with Crippen LogP contribution < -0.4 is 5.32 Å². The van der Waals surface area contributed by atoms with Crippen molar-refractivity contribution in [2.75, 3.05) is 32.8 Å². The first-order valence-corrected chi connectivity index (χ1v) is 7.35. The number of nitrogens with zero attached hydrogens (tertiary/aromatic N) is 1. The first-order valence-electron chi connectivity index (χ1n) is 7.35. The maximum atomic E-state index is 13.4. The van der Waals surface area contributed by atoms with E-state index in [0.717, 1.165) is 38.3 Å². The van der Waals surface area contributed by atoms with Gasteiger partial charge in [-0.1, -0.05) is 6.07 Å². The second kappa shape index (κ2) is 8.82. The lowest BCUT2D eigenvalue weighted by atomic mass is 9.97. The van der Waals surface area contributed by atoms with Gasteiger partial charge in [-0.2, -0.15) is 13.2 Å². The Morgan fingerprint density at radius 2 is 1.87 bits per heavy atom. The highest BCUT2D eigenvalue weighted by Gasteiger charge is 2.35. The lowest BCUT2D eigenvalue weighted by molar-refractivity contribution is -0.140. The van der Waals surface area contributed by atoms with E-state index in [-0.39, 0.29) is 25.1 Å². The minimum atomic E-state index is -4.70. The van der Waals surface area contributed by atoms with Crippen LogP contribution in [0.15, 0.2) is 18.2 Å². The fraction of sp³-hybridized carbons (Fsp3) is 0.600. The molecule has 2 rings (SSSR count). The summed E-state index contributed by atoms with van der Waals surface area (Å²) in [5, 5.41) is 12.2. The van der Waals surface area contributed by atoms with Crippen LogP contribution in [-0.2, 0) is 6.18 Å². The van der Waals surface area contributed by atoms with Crippen molar-refractivity contribution in [3.63, 3.8) is 0 Å². The number of piperazine rings is 1. The second-order valence-corrected chi connectivity index (χ2v) is 5.40. The van der Waals surface area contributed by atoms with Crippen molar-refractivity contribution >= 4 is 12.4 Å². The predicted octanol–water partition coefficient (Wildman–Crippen LogP) is 2.99. The van der Waals surface area contributed by atoms with Gasteiger partial charge in [0, 0.05) is 38.8 Å². The van der Waals surface area contributed by atoms with E-state index in [0.29, 0.717) is 18.4 Å². The molecule has 0 aromatic heterocycles. The van der Waals surface area contributed by atoms with Gasteiger partial charge >= 0.3 is 6.18 Å². The van der Waals surface area contributed by atoms with Crippen LogP contribution in [0.25, 0.3) is 0 Å². The summed E-state index contributed by atoms with van der Waals surface area (Å²) in [6, 6.07) is 2.95. The van der Waals surface area contributed by atoms with Crippen molar-refractivity contribution in [1.82, 2.24) is 10.2 Å². The number of nitrogens with one attached hydrogen (secondary N) is 1. The van der Waals surface area contributed by atoms with Crippen LogP contribution in [0.5, 0.6) is 0 Å². The van der Waals surface area contributed by atoms with Crippen LogP contribution in [0.3, 0.4) is 0 Å². The van der Waals surface area contributed by atoms with Gasteiger partial charge in [0.2, 0.25) is 0 Å². The van der Waals surface area contributed by atoms with Gasteiger partial charge in [-0.25, -0.2) is 4.39 Å². The SMILES string of the molecule is Cl.OCCC[C@H](c1ccc(F)c(C(F)(F)F)c1)N1CCNCC1. The molecule has 0 unspecified atom stereocenters. The molecule has 1 saturated heterocycles. The number of aliphatic hydroxyl groups excluding tert-OH is 1. The highest BCUT2D eigenvalue weighted by molar-refractivity contribution is 5.85. The summed E-state index contributed by atoms with van der Waals surface area (Å²) in [5.74, 6) is -1.25. The minimum Gasteiger partial charge on any atom is -0.396 e. The third-order valence-electron chi connectivity index (χ3n) is 3.91. The lowest BCUT2D eigenvalue weighted by Crippen LogP contribution is -2.45. The van der Waals surface area contributed by atoms with Crippen LogP contribution in [0.2, 0.25) is 0 Å². The quantitative estimate of drug-likeness (QED) is 0.796. The van der Waals surface area contributed by atoms with Gasteiger partial charge in [0.25, 0.3) is 0 Å². The molecule has 0 spiro atoms. The maximum absolute atomic E-state index is 13.4. The van der Waals surface area contributed by atoms with Crippen molar-refractivity contribution in [3.05, 3.63) is 35.1 Å². The third-order valence-corrected chi connectivity index (χ3v) is 3.91. The molecule has 1 aromatic carbocycles. The Kier molecular flexibility index (Phi) is 7.73. The van der Waals surface area contributed by atoms with Crippen molar-refractivity contribution in [2.24, 2.45) is 0 Å². The zero-order chi connectivity index (χ0) is 16.2. The summed E-state index contributed by atoms with van der Waals surface area (Å²) in [5.41, 5.74) is -0.779. The molecule has 8 heteroatoms. The Morgan fingerprint density at radius 3 is 2.43 bits per heavy atom. The molecule has 1 aliphatic heterocycles. The number of hydrogen-bond acceptors (Lipinski definition) is 3. The summed E-state index contributed by atoms with van der Waals surface area (Å²) in [4.78, 5) is 2.08. The van der Waals surface area contributed by atoms with E-state index >= 15 is 0 Å². The van der Waals surface area contributed by atoms with Crippen molar-refractivity contribution < 1.29 is 22.7 Å². The van der Waals surface area contributed by atoms with Crippen LogP contribution in [0.1, 0.15) is 30.0 Å². The number of benzene rings is 1. The molecule has 132 valence electrons. The van der Waals surface area contributed by atoms with Crippen molar-refractivity contribution in [2.45, 2.75) is 25.1 Å². The maximum Gasteiger partial charge on any atom is 0.419 e. The minimum absolute atomic E-state index is 0. The zero-order valence-corrected chi connectivity index (χ0v) is 13.4. The first-order chi connectivity index (χ1) is 10.4. The first kappa shape index (κ1) is 20.2. The molecule has 23 heavy (non-hydrogen) atoms. The van der Waals surface area contributed by atoms with Gasteiger partial charge < -0.3 is 10.4 Å².